The number of primary amides is 1. The van der Waals surface area contributed by atoms with E-state index in [1.54, 1.807) is 55.9 Å². The summed E-state index contributed by atoms with van der Waals surface area (Å²) in [4.78, 5) is 61.4. The molecule has 0 aliphatic carbocycles. The van der Waals surface area contributed by atoms with Crippen LogP contribution in [0.2, 0.25) is 0 Å². The number of cyclic esters (lactones) is 1. The van der Waals surface area contributed by atoms with Crippen LogP contribution in [0.5, 0.6) is 0 Å². The number of nitrogens with two attached hydrogens (primary N) is 1. The van der Waals surface area contributed by atoms with Crippen LogP contribution in [0, 0.1) is 5.82 Å². The zero-order valence-electron chi connectivity index (χ0n) is 26.5. The summed E-state index contributed by atoms with van der Waals surface area (Å²) in [6, 6.07) is 6.49. The summed E-state index contributed by atoms with van der Waals surface area (Å²) < 4.78 is 27.7. The first-order valence-corrected chi connectivity index (χ1v) is 15.1. The Balaban J connectivity index is 1.23. The van der Waals surface area contributed by atoms with Crippen LogP contribution >= 0.6 is 0 Å². The lowest BCUT2D eigenvalue weighted by atomic mass is 10.0. The molecule has 0 saturated carbocycles. The van der Waals surface area contributed by atoms with Gasteiger partial charge < -0.3 is 25.2 Å². The zero-order chi connectivity index (χ0) is 34.6. The molecule has 2 aliphatic heterocycles. The average Bonchev–Trinajstić information content (AvgIpc) is 3.78. The molecule has 0 bridgehead atoms. The highest BCUT2D eigenvalue weighted by molar-refractivity contribution is 6.00. The topological polar surface area (TPSA) is 205 Å². The van der Waals surface area contributed by atoms with E-state index in [4.69, 9.17) is 25.2 Å². The summed E-state index contributed by atoms with van der Waals surface area (Å²) in [6.07, 6.45) is 1.63. The lowest BCUT2D eigenvalue weighted by Crippen LogP contribution is -2.52. The van der Waals surface area contributed by atoms with Crippen molar-refractivity contribution in [2.75, 3.05) is 18.0 Å². The molecule has 3 amide bonds. The number of aliphatic carboxylic acids is 1. The van der Waals surface area contributed by atoms with Crippen molar-refractivity contribution in [3.8, 4) is 11.1 Å². The van der Waals surface area contributed by atoms with E-state index in [2.05, 4.69) is 20.5 Å². The standard InChI is InChI=1S/C31H35FN8O8/c1-31(2,3)47-30(45)40(26(28(33)43)8-9-27(41)42)16-20-13-25(36-48-20)24-7-4-18(14-34-24)22-6-5-19(12-23(22)32)39-17-21(46-29(39)44)15-38-11-10-35-37-38/h4-7,10-12,14,20-21,26H,8-9,13,15-17H2,1-3H3,(H2,33,43)(H,41,42)/t20-,21-,26-/m0/s1. The Labute approximate surface area is 274 Å². The maximum Gasteiger partial charge on any atom is 0.414 e. The monoisotopic (exact) mass is 666 g/mol. The summed E-state index contributed by atoms with van der Waals surface area (Å²) in [5.74, 6) is -2.60. The Hall–Kier alpha value is -5.61. The fourth-order valence-electron chi connectivity index (χ4n) is 5.25. The van der Waals surface area contributed by atoms with Crippen LogP contribution in [-0.2, 0) is 30.4 Å². The van der Waals surface area contributed by atoms with Crippen molar-refractivity contribution in [3.63, 3.8) is 0 Å². The third kappa shape index (κ3) is 8.21. The lowest BCUT2D eigenvalue weighted by Gasteiger charge is -2.32. The summed E-state index contributed by atoms with van der Waals surface area (Å²) in [7, 11) is 0. The molecule has 2 aliphatic rings. The van der Waals surface area contributed by atoms with Gasteiger partial charge >= 0.3 is 18.2 Å². The van der Waals surface area contributed by atoms with E-state index in [1.807, 2.05) is 0 Å². The van der Waals surface area contributed by atoms with Crippen molar-refractivity contribution >= 4 is 35.5 Å². The number of carbonyl (C=O) groups is 4. The van der Waals surface area contributed by atoms with E-state index in [1.165, 1.54) is 23.4 Å². The Morgan fingerprint density at radius 1 is 1.21 bits per heavy atom. The molecular weight excluding hydrogens is 631 g/mol. The fourth-order valence-corrected chi connectivity index (χ4v) is 5.25. The second-order valence-corrected chi connectivity index (χ2v) is 12.3. The van der Waals surface area contributed by atoms with Crippen LogP contribution in [0.3, 0.4) is 0 Å². The quantitative estimate of drug-likeness (QED) is 0.287. The Morgan fingerprint density at radius 3 is 2.62 bits per heavy atom. The highest BCUT2D eigenvalue weighted by Crippen LogP contribution is 2.30. The van der Waals surface area contributed by atoms with E-state index < -0.39 is 60.2 Å². The number of ether oxygens (including phenoxy) is 2. The number of benzene rings is 1. The van der Waals surface area contributed by atoms with Crippen molar-refractivity contribution in [3.05, 3.63) is 60.4 Å². The number of hydrogen-bond acceptors (Lipinski definition) is 11. The van der Waals surface area contributed by atoms with Gasteiger partial charge in [0.25, 0.3) is 0 Å². The molecule has 254 valence electrons. The number of carboxylic acids is 1. The van der Waals surface area contributed by atoms with Crippen LogP contribution in [0.4, 0.5) is 19.7 Å². The van der Waals surface area contributed by atoms with Crippen LogP contribution < -0.4 is 10.6 Å². The van der Waals surface area contributed by atoms with Gasteiger partial charge in [-0.2, -0.15) is 0 Å². The van der Waals surface area contributed by atoms with E-state index in [-0.39, 0.29) is 31.5 Å². The van der Waals surface area contributed by atoms with Gasteiger partial charge in [0.15, 0.2) is 6.10 Å². The van der Waals surface area contributed by atoms with Crippen molar-refractivity contribution < 1.29 is 43.0 Å². The molecule has 17 heteroatoms. The van der Waals surface area contributed by atoms with Gasteiger partial charge in [-0.25, -0.2) is 18.7 Å². The van der Waals surface area contributed by atoms with Crippen molar-refractivity contribution in [1.82, 2.24) is 24.9 Å². The largest absolute Gasteiger partial charge is 0.481 e. The predicted octanol–water partition coefficient (Wildman–Crippen LogP) is 2.95. The third-order valence-electron chi connectivity index (χ3n) is 7.47. The third-order valence-corrected chi connectivity index (χ3v) is 7.47. The molecule has 3 N–H and O–H groups in total. The van der Waals surface area contributed by atoms with Crippen molar-refractivity contribution in [2.45, 2.75) is 70.4 Å². The Morgan fingerprint density at radius 2 is 2.00 bits per heavy atom. The maximum absolute atomic E-state index is 15.3. The average molecular weight is 667 g/mol. The highest BCUT2D eigenvalue weighted by atomic mass is 19.1. The molecule has 3 atom stereocenters. The molecule has 16 nitrogen and oxygen atoms in total. The molecule has 0 radical (unpaired) electrons. The Kier molecular flexibility index (Phi) is 9.86. The van der Waals surface area contributed by atoms with Gasteiger partial charge in [0.1, 0.15) is 29.3 Å². The first-order chi connectivity index (χ1) is 22.8. The molecule has 48 heavy (non-hydrogen) atoms. The number of aromatic nitrogens is 4. The number of pyridine rings is 1. The van der Waals surface area contributed by atoms with E-state index in [0.29, 0.717) is 29.2 Å². The number of anilines is 1. The van der Waals surface area contributed by atoms with Crippen molar-refractivity contribution in [1.29, 1.82) is 0 Å². The SMILES string of the molecule is CC(C)(C)OC(=O)N(C[C@@H]1CC(c2ccc(-c3ccc(N4C[C@H](Cn5ccnn5)OC4=O)cc3F)cn2)=NO1)[C@@H](CCC(=O)O)C(N)=O. The van der Waals surface area contributed by atoms with Crippen LogP contribution in [0.1, 0.15) is 45.7 Å². The van der Waals surface area contributed by atoms with Gasteiger partial charge in [-0.05, 0) is 51.5 Å². The molecule has 1 saturated heterocycles. The van der Waals surface area contributed by atoms with Gasteiger partial charge in [-0.1, -0.05) is 16.4 Å². The van der Waals surface area contributed by atoms with Gasteiger partial charge in [0, 0.05) is 36.4 Å². The maximum atomic E-state index is 15.3. The van der Waals surface area contributed by atoms with Crippen LogP contribution in [0.15, 0.2) is 54.1 Å². The van der Waals surface area contributed by atoms with Gasteiger partial charge in [0.05, 0.1) is 37.2 Å². The van der Waals surface area contributed by atoms with Gasteiger partial charge in [-0.3, -0.25) is 24.4 Å². The molecule has 5 rings (SSSR count). The van der Waals surface area contributed by atoms with E-state index >= 15 is 4.39 Å². The second-order valence-electron chi connectivity index (χ2n) is 12.3. The molecule has 1 fully saturated rings. The summed E-state index contributed by atoms with van der Waals surface area (Å²) in [5, 5.41) is 20.8. The number of hydrogen-bond donors (Lipinski definition) is 2. The molecule has 2 aromatic heterocycles. The molecule has 4 heterocycles. The molecular formula is C31H35FN8O8. The first-order valence-electron chi connectivity index (χ1n) is 15.1. The molecule has 1 aromatic carbocycles. The number of amides is 3. The van der Waals surface area contributed by atoms with Crippen LogP contribution in [0.25, 0.3) is 11.1 Å². The summed E-state index contributed by atoms with van der Waals surface area (Å²) in [5.41, 5.74) is 6.63. The zero-order valence-corrected chi connectivity index (χ0v) is 26.5. The van der Waals surface area contributed by atoms with E-state index in [0.717, 1.165) is 4.90 Å². The smallest absolute Gasteiger partial charge is 0.414 e. The predicted molar refractivity (Wildman–Crippen MR) is 166 cm³/mol. The molecule has 3 aromatic rings. The van der Waals surface area contributed by atoms with Crippen LogP contribution in [-0.4, -0.2) is 96.7 Å². The number of rotatable bonds is 12. The number of carbonyl (C=O) groups excluding carboxylic acids is 3. The lowest BCUT2D eigenvalue weighted by molar-refractivity contribution is -0.137. The number of halogens is 1. The number of carboxylic acid groups (broad SMARTS) is 1. The van der Waals surface area contributed by atoms with E-state index in [9.17, 15) is 19.2 Å². The van der Waals surface area contributed by atoms with Gasteiger partial charge in [0.2, 0.25) is 5.91 Å². The minimum atomic E-state index is -1.25. The second kappa shape index (κ2) is 14.0. The number of oxime groups is 1. The summed E-state index contributed by atoms with van der Waals surface area (Å²) in [6.45, 7) is 5.36. The fraction of sp³-hybridized carbons (Fsp3) is 0.419. The molecule has 0 spiro atoms. The normalized spacial score (nSPS) is 18.1. The number of nitrogens with zero attached hydrogens (tertiary/aromatic N) is 7. The minimum Gasteiger partial charge on any atom is -0.481 e. The Bertz CT molecular complexity index is 1690. The highest BCUT2D eigenvalue weighted by Gasteiger charge is 2.37. The minimum absolute atomic E-state index is 0.156. The first kappa shape index (κ1) is 33.7. The molecule has 0 unspecified atom stereocenters. The van der Waals surface area contributed by atoms with Gasteiger partial charge in [-0.15, -0.1) is 5.10 Å². The van der Waals surface area contributed by atoms with Crippen molar-refractivity contribution in [2.24, 2.45) is 10.9 Å². The summed E-state index contributed by atoms with van der Waals surface area (Å²) >= 11 is 0.